The molecule has 0 bridgehead atoms. The van der Waals surface area contributed by atoms with Gasteiger partial charge in [-0.2, -0.15) is 0 Å². The Kier molecular flexibility index (Phi) is 8.86. The van der Waals surface area contributed by atoms with Crippen molar-refractivity contribution in [3.63, 3.8) is 0 Å². The summed E-state index contributed by atoms with van der Waals surface area (Å²) in [7, 11) is 2.15. The maximum absolute atomic E-state index is 11.8. The minimum atomic E-state index is 0.236. The monoisotopic (exact) mass is 284 g/mol. The van der Waals surface area contributed by atoms with Crippen molar-refractivity contribution in [2.75, 3.05) is 33.3 Å². The molecule has 1 amide bonds. The quantitative estimate of drug-likeness (QED) is 0.661. The van der Waals surface area contributed by atoms with Crippen molar-refractivity contribution in [3.8, 4) is 0 Å². The molecule has 118 valence electrons. The van der Waals surface area contributed by atoms with Crippen molar-refractivity contribution >= 4 is 5.91 Å². The molecule has 0 spiro atoms. The van der Waals surface area contributed by atoms with E-state index in [2.05, 4.69) is 16.8 Å². The van der Waals surface area contributed by atoms with Gasteiger partial charge in [-0.05, 0) is 45.8 Å². The molecule has 1 rings (SSSR count). The number of aliphatic hydroxyl groups excluding tert-OH is 1. The molecule has 0 unspecified atom stereocenters. The van der Waals surface area contributed by atoms with Crippen LogP contribution >= 0.6 is 0 Å². The number of carbonyl (C=O) groups is 1. The number of carbonyl (C=O) groups excluding carboxylic acids is 1. The van der Waals surface area contributed by atoms with Crippen molar-refractivity contribution in [2.45, 2.75) is 64.3 Å². The zero-order valence-electron chi connectivity index (χ0n) is 13.3. The summed E-state index contributed by atoms with van der Waals surface area (Å²) in [4.78, 5) is 16.3. The van der Waals surface area contributed by atoms with E-state index in [1.54, 1.807) is 6.92 Å². The van der Waals surface area contributed by atoms with Crippen LogP contribution in [0.5, 0.6) is 0 Å². The summed E-state index contributed by atoms with van der Waals surface area (Å²) >= 11 is 0. The van der Waals surface area contributed by atoms with Gasteiger partial charge in [0.15, 0.2) is 0 Å². The lowest BCUT2D eigenvalue weighted by Gasteiger charge is -2.37. The van der Waals surface area contributed by atoms with Gasteiger partial charge in [-0.15, -0.1) is 0 Å². The van der Waals surface area contributed by atoms with E-state index in [0.29, 0.717) is 12.6 Å². The Hall–Kier alpha value is -0.610. The smallest absolute Gasteiger partial charge is 0.219 e. The molecule has 0 aromatic heterocycles. The summed E-state index contributed by atoms with van der Waals surface area (Å²) in [5.41, 5.74) is 0. The van der Waals surface area contributed by atoms with E-state index in [9.17, 15) is 4.79 Å². The predicted octanol–water partition coefficient (Wildman–Crippen LogP) is 2.26. The number of unbranched alkanes of at least 4 members (excludes halogenated alkanes) is 5. The van der Waals surface area contributed by atoms with E-state index in [1.807, 2.05) is 0 Å². The van der Waals surface area contributed by atoms with Gasteiger partial charge in [0.1, 0.15) is 0 Å². The second-order valence-corrected chi connectivity index (χ2v) is 6.09. The molecule has 4 heteroatoms. The first-order chi connectivity index (χ1) is 9.65. The van der Waals surface area contributed by atoms with Gasteiger partial charge < -0.3 is 14.9 Å². The van der Waals surface area contributed by atoms with E-state index < -0.39 is 0 Å². The van der Waals surface area contributed by atoms with Crippen LogP contribution in [0.3, 0.4) is 0 Å². The largest absolute Gasteiger partial charge is 0.396 e. The SMILES string of the molecule is CC(=O)N(CCCCCCCCO)C1CCN(C)CC1. The highest BCUT2D eigenvalue weighted by atomic mass is 16.2. The van der Waals surface area contributed by atoms with E-state index in [4.69, 9.17) is 5.11 Å². The summed E-state index contributed by atoms with van der Waals surface area (Å²) < 4.78 is 0. The number of nitrogens with zero attached hydrogens (tertiary/aromatic N) is 2. The molecular formula is C16H32N2O2. The number of rotatable bonds is 9. The van der Waals surface area contributed by atoms with Crippen LogP contribution < -0.4 is 0 Å². The van der Waals surface area contributed by atoms with Gasteiger partial charge >= 0.3 is 0 Å². The van der Waals surface area contributed by atoms with Crippen molar-refractivity contribution in [2.24, 2.45) is 0 Å². The minimum absolute atomic E-state index is 0.236. The topological polar surface area (TPSA) is 43.8 Å². The van der Waals surface area contributed by atoms with Crippen molar-refractivity contribution in [3.05, 3.63) is 0 Å². The van der Waals surface area contributed by atoms with E-state index >= 15 is 0 Å². The molecule has 0 aromatic carbocycles. The lowest BCUT2D eigenvalue weighted by Crippen LogP contribution is -2.46. The third kappa shape index (κ3) is 6.71. The molecule has 0 saturated carbocycles. The number of amides is 1. The zero-order chi connectivity index (χ0) is 14.8. The van der Waals surface area contributed by atoms with Crippen molar-refractivity contribution in [1.82, 2.24) is 9.80 Å². The normalized spacial score (nSPS) is 17.4. The number of hydrogen-bond donors (Lipinski definition) is 1. The Morgan fingerprint density at radius 2 is 1.65 bits per heavy atom. The maximum Gasteiger partial charge on any atom is 0.219 e. The number of likely N-dealkylation sites (tertiary alicyclic amines) is 1. The number of piperidine rings is 1. The van der Waals surface area contributed by atoms with Crippen LogP contribution in [0.15, 0.2) is 0 Å². The molecule has 0 aliphatic carbocycles. The first kappa shape index (κ1) is 17.4. The van der Waals surface area contributed by atoms with E-state index in [1.165, 1.54) is 19.3 Å². The zero-order valence-corrected chi connectivity index (χ0v) is 13.3. The Labute approximate surface area is 124 Å². The van der Waals surface area contributed by atoms with Gasteiger partial charge in [0.25, 0.3) is 0 Å². The molecule has 20 heavy (non-hydrogen) atoms. The third-order valence-corrected chi connectivity index (χ3v) is 4.34. The summed E-state index contributed by atoms with van der Waals surface area (Å²) in [5, 5.41) is 8.72. The molecule has 1 N–H and O–H groups in total. The molecule has 1 aliphatic heterocycles. The van der Waals surface area contributed by atoms with Crippen LogP contribution in [0.1, 0.15) is 58.3 Å². The maximum atomic E-state index is 11.8. The Morgan fingerprint density at radius 1 is 1.10 bits per heavy atom. The highest BCUT2D eigenvalue weighted by Crippen LogP contribution is 2.17. The van der Waals surface area contributed by atoms with Crippen LogP contribution in [-0.4, -0.2) is 60.1 Å². The van der Waals surface area contributed by atoms with Gasteiger partial charge in [-0.25, -0.2) is 0 Å². The lowest BCUT2D eigenvalue weighted by molar-refractivity contribution is -0.132. The van der Waals surface area contributed by atoms with Gasteiger partial charge in [0.2, 0.25) is 5.91 Å². The number of aliphatic hydroxyl groups is 1. The summed E-state index contributed by atoms with van der Waals surface area (Å²) in [6.07, 6.45) is 9.02. The first-order valence-electron chi connectivity index (χ1n) is 8.21. The van der Waals surface area contributed by atoms with Crippen LogP contribution in [0.2, 0.25) is 0 Å². The minimum Gasteiger partial charge on any atom is -0.396 e. The van der Waals surface area contributed by atoms with Crippen molar-refractivity contribution < 1.29 is 9.90 Å². The molecule has 0 radical (unpaired) electrons. The molecule has 1 saturated heterocycles. The highest BCUT2D eigenvalue weighted by Gasteiger charge is 2.24. The Bertz CT molecular complexity index is 263. The first-order valence-corrected chi connectivity index (χ1v) is 8.21. The molecule has 1 heterocycles. The van der Waals surface area contributed by atoms with Crippen molar-refractivity contribution in [1.29, 1.82) is 0 Å². The van der Waals surface area contributed by atoms with Gasteiger partial charge in [0.05, 0.1) is 0 Å². The molecule has 0 atom stereocenters. The fourth-order valence-corrected chi connectivity index (χ4v) is 3.00. The molecule has 1 aliphatic rings. The fraction of sp³-hybridized carbons (Fsp3) is 0.938. The van der Waals surface area contributed by atoms with Gasteiger partial charge in [-0.1, -0.05) is 25.7 Å². The van der Waals surface area contributed by atoms with Crippen LogP contribution in [-0.2, 0) is 4.79 Å². The number of hydrogen-bond acceptors (Lipinski definition) is 3. The molecule has 4 nitrogen and oxygen atoms in total. The highest BCUT2D eigenvalue weighted by molar-refractivity contribution is 5.73. The molecule has 0 aromatic rings. The molecular weight excluding hydrogens is 252 g/mol. The van der Waals surface area contributed by atoms with Crippen LogP contribution in [0.25, 0.3) is 0 Å². The Balaban J connectivity index is 2.17. The summed E-state index contributed by atoms with van der Waals surface area (Å²) in [6, 6.07) is 0.457. The third-order valence-electron chi connectivity index (χ3n) is 4.34. The summed E-state index contributed by atoms with van der Waals surface area (Å²) in [5.74, 6) is 0.236. The van der Waals surface area contributed by atoms with E-state index in [-0.39, 0.29) is 5.91 Å². The van der Waals surface area contributed by atoms with Crippen LogP contribution in [0, 0.1) is 0 Å². The predicted molar refractivity (Wildman–Crippen MR) is 82.7 cm³/mol. The summed E-state index contributed by atoms with van der Waals surface area (Å²) in [6.45, 7) is 5.16. The standard InChI is InChI=1S/C16H32N2O2/c1-15(20)18(16-9-12-17(2)13-10-16)11-7-5-3-4-6-8-14-19/h16,19H,3-14H2,1-2H3. The second kappa shape index (κ2) is 10.2. The Morgan fingerprint density at radius 3 is 2.20 bits per heavy atom. The average molecular weight is 284 g/mol. The lowest BCUT2D eigenvalue weighted by atomic mass is 10.0. The van der Waals surface area contributed by atoms with Gasteiger partial charge in [0, 0.05) is 26.1 Å². The fourth-order valence-electron chi connectivity index (χ4n) is 3.00. The van der Waals surface area contributed by atoms with Crippen LogP contribution in [0.4, 0.5) is 0 Å². The van der Waals surface area contributed by atoms with E-state index in [0.717, 1.165) is 51.7 Å². The van der Waals surface area contributed by atoms with Gasteiger partial charge in [-0.3, -0.25) is 4.79 Å². The second-order valence-electron chi connectivity index (χ2n) is 6.09. The molecule has 1 fully saturated rings. The average Bonchev–Trinajstić information content (AvgIpc) is 2.43.